The molecule has 2 N–H and O–H groups in total. The third-order valence-corrected chi connectivity index (χ3v) is 4.62. The van der Waals surface area contributed by atoms with Crippen molar-refractivity contribution >= 4 is 24.0 Å². The van der Waals surface area contributed by atoms with Crippen LogP contribution in [0.4, 0.5) is 0 Å². The van der Waals surface area contributed by atoms with Gasteiger partial charge in [0.05, 0.1) is 25.4 Å². The van der Waals surface area contributed by atoms with Crippen molar-refractivity contribution in [3.05, 3.63) is 95.1 Å². The number of nitrogens with zero attached hydrogens (tertiary/aromatic N) is 1. The molecule has 0 bridgehead atoms. The number of hydrazone groups is 1. The Morgan fingerprint density at radius 2 is 1.58 bits per heavy atom. The minimum Gasteiger partial charge on any atom is -0.497 e. The molecule has 33 heavy (non-hydrogen) atoms. The number of esters is 1. The fourth-order valence-electron chi connectivity index (χ4n) is 2.82. The molecule has 0 saturated carbocycles. The second-order valence-corrected chi connectivity index (χ2v) is 6.98. The highest BCUT2D eigenvalue weighted by Gasteiger charge is 2.10. The lowest BCUT2D eigenvalue weighted by Crippen LogP contribution is -2.35. The molecule has 0 saturated heterocycles. The van der Waals surface area contributed by atoms with E-state index in [9.17, 15) is 14.4 Å². The van der Waals surface area contributed by atoms with E-state index >= 15 is 0 Å². The van der Waals surface area contributed by atoms with Crippen molar-refractivity contribution in [1.29, 1.82) is 0 Å². The summed E-state index contributed by atoms with van der Waals surface area (Å²) in [5, 5.41) is 6.42. The smallest absolute Gasteiger partial charge is 0.343 e. The van der Waals surface area contributed by atoms with E-state index < -0.39 is 11.9 Å². The summed E-state index contributed by atoms with van der Waals surface area (Å²) in [4.78, 5) is 36.2. The predicted octanol–water partition coefficient (Wildman–Crippen LogP) is 3.10. The monoisotopic (exact) mass is 445 g/mol. The summed E-state index contributed by atoms with van der Waals surface area (Å²) in [7, 11) is 1.55. The van der Waals surface area contributed by atoms with Gasteiger partial charge in [0.2, 0.25) is 0 Å². The van der Waals surface area contributed by atoms with Crippen LogP contribution in [0.3, 0.4) is 0 Å². The summed E-state index contributed by atoms with van der Waals surface area (Å²) in [5.74, 6) is -0.254. The molecule has 2 amide bonds. The van der Waals surface area contributed by atoms with Crippen LogP contribution in [0.1, 0.15) is 31.8 Å². The van der Waals surface area contributed by atoms with Gasteiger partial charge in [0.1, 0.15) is 11.5 Å². The SMILES string of the molecule is COc1ccc(C(=O)Oc2ccc(C=NNC(=O)CNC(=O)c3ccccc3C)cc2)cc1. The van der Waals surface area contributed by atoms with Gasteiger partial charge in [0, 0.05) is 5.56 Å². The lowest BCUT2D eigenvalue weighted by atomic mass is 10.1. The van der Waals surface area contributed by atoms with Crippen molar-refractivity contribution in [2.45, 2.75) is 6.92 Å². The normalized spacial score (nSPS) is 10.5. The number of benzene rings is 3. The number of ether oxygens (including phenoxy) is 2. The van der Waals surface area contributed by atoms with Crippen LogP contribution < -0.4 is 20.2 Å². The highest BCUT2D eigenvalue weighted by Crippen LogP contribution is 2.16. The van der Waals surface area contributed by atoms with E-state index in [1.807, 2.05) is 19.1 Å². The number of carbonyl (C=O) groups is 3. The molecule has 3 aromatic rings. The van der Waals surface area contributed by atoms with E-state index in [2.05, 4.69) is 15.8 Å². The molecular weight excluding hydrogens is 422 g/mol. The summed E-state index contributed by atoms with van der Waals surface area (Å²) < 4.78 is 10.4. The molecule has 0 heterocycles. The first-order chi connectivity index (χ1) is 16.0. The number of rotatable bonds is 8. The van der Waals surface area contributed by atoms with Gasteiger partial charge in [-0.2, -0.15) is 5.10 Å². The molecular formula is C25H23N3O5. The van der Waals surface area contributed by atoms with Crippen LogP contribution in [0.2, 0.25) is 0 Å². The number of carbonyl (C=O) groups excluding carboxylic acids is 3. The summed E-state index contributed by atoms with van der Waals surface area (Å²) >= 11 is 0. The van der Waals surface area contributed by atoms with Gasteiger partial charge in [-0.25, -0.2) is 10.2 Å². The molecule has 0 aliphatic carbocycles. The fourth-order valence-corrected chi connectivity index (χ4v) is 2.82. The maximum atomic E-state index is 12.2. The summed E-state index contributed by atoms with van der Waals surface area (Å²) in [5.41, 5.74) is 4.78. The minimum absolute atomic E-state index is 0.204. The maximum Gasteiger partial charge on any atom is 0.343 e. The zero-order valence-corrected chi connectivity index (χ0v) is 18.2. The second kappa shape index (κ2) is 11.2. The van der Waals surface area contributed by atoms with Crippen LogP contribution in [0, 0.1) is 6.92 Å². The summed E-state index contributed by atoms with van der Waals surface area (Å²) in [6.07, 6.45) is 1.44. The van der Waals surface area contributed by atoms with Crippen molar-refractivity contribution in [1.82, 2.24) is 10.7 Å². The fraction of sp³-hybridized carbons (Fsp3) is 0.120. The molecule has 0 aliphatic rings. The predicted molar refractivity (Wildman–Crippen MR) is 124 cm³/mol. The quantitative estimate of drug-likeness (QED) is 0.240. The topological polar surface area (TPSA) is 106 Å². The molecule has 0 radical (unpaired) electrons. The molecule has 3 rings (SSSR count). The Kier molecular flexibility index (Phi) is 7.91. The second-order valence-electron chi connectivity index (χ2n) is 6.98. The third-order valence-electron chi connectivity index (χ3n) is 4.62. The highest BCUT2D eigenvalue weighted by atomic mass is 16.5. The Morgan fingerprint density at radius 1 is 0.909 bits per heavy atom. The van der Waals surface area contributed by atoms with Crippen LogP contribution in [0.15, 0.2) is 77.9 Å². The van der Waals surface area contributed by atoms with Crippen molar-refractivity contribution < 1.29 is 23.9 Å². The standard InChI is InChI=1S/C25H23N3O5/c1-17-5-3-4-6-22(17)24(30)26-16-23(29)28-27-15-18-7-11-21(12-8-18)33-25(31)19-9-13-20(32-2)14-10-19/h3-15H,16H2,1-2H3,(H,26,30)(H,28,29). The van der Waals surface area contributed by atoms with Gasteiger partial charge >= 0.3 is 5.97 Å². The number of hydrogen-bond acceptors (Lipinski definition) is 6. The maximum absolute atomic E-state index is 12.2. The van der Waals surface area contributed by atoms with Gasteiger partial charge in [0.25, 0.3) is 11.8 Å². The van der Waals surface area contributed by atoms with Crippen molar-refractivity contribution in [2.24, 2.45) is 5.10 Å². The largest absolute Gasteiger partial charge is 0.497 e. The Morgan fingerprint density at radius 3 is 2.24 bits per heavy atom. The first-order valence-corrected chi connectivity index (χ1v) is 10.1. The van der Waals surface area contributed by atoms with Crippen LogP contribution in [-0.2, 0) is 4.79 Å². The van der Waals surface area contributed by atoms with Crippen LogP contribution in [-0.4, -0.2) is 37.7 Å². The van der Waals surface area contributed by atoms with Crippen molar-refractivity contribution in [3.8, 4) is 11.5 Å². The molecule has 0 unspecified atom stereocenters. The molecule has 0 aromatic heterocycles. The van der Waals surface area contributed by atoms with E-state index in [1.54, 1.807) is 67.8 Å². The number of methoxy groups -OCH3 is 1. The van der Waals surface area contributed by atoms with E-state index in [-0.39, 0.29) is 12.5 Å². The molecule has 3 aromatic carbocycles. The van der Waals surface area contributed by atoms with E-state index in [1.165, 1.54) is 6.21 Å². The number of aryl methyl sites for hydroxylation is 1. The van der Waals surface area contributed by atoms with Gasteiger partial charge in [-0.15, -0.1) is 0 Å². The zero-order chi connectivity index (χ0) is 23.6. The lowest BCUT2D eigenvalue weighted by Gasteiger charge is -2.06. The molecule has 0 aliphatic heterocycles. The Hall–Kier alpha value is -4.46. The number of amides is 2. The van der Waals surface area contributed by atoms with Gasteiger partial charge in [-0.05, 0) is 72.6 Å². The molecule has 0 fully saturated rings. The van der Waals surface area contributed by atoms with Gasteiger partial charge in [-0.1, -0.05) is 18.2 Å². The number of nitrogens with one attached hydrogen (secondary N) is 2. The van der Waals surface area contributed by atoms with Gasteiger partial charge in [0.15, 0.2) is 0 Å². The molecule has 8 nitrogen and oxygen atoms in total. The average Bonchev–Trinajstić information content (AvgIpc) is 2.84. The van der Waals surface area contributed by atoms with Crippen molar-refractivity contribution in [2.75, 3.05) is 13.7 Å². The molecule has 0 spiro atoms. The molecule has 8 heteroatoms. The summed E-state index contributed by atoms with van der Waals surface area (Å²) in [6.45, 7) is 1.62. The molecule has 0 atom stereocenters. The van der Waals surface area contributed by atoms with Crippen molar-refractivity contribution in [3.63, 3.8) is 0 Å². The van der Waals surface area contributed by atoms with Gasteiger partial charge in [-0.3, -0.25) is 9.59 Å². The summed E-state index contributed by atoms with van der Waals surface area (Å²) in [6, 6.07) is 20.3. The van der Waals surface area contributed by atoms with E-state index in [0.29, 0.717) is 28.2 Å². The Labute approximate surface area is 191 Å². The first-order valence-electron chi connectivity index (χ1n) is 10.1. The van der Waals surface area contributed by atoms with Crippen LogP contribution >= 0.6 is 0 Å². The zero-order valence-electron chi connectivity index (χ0n) is 18.2. The molecule has 168 valence electrons. The first kappa shape index (κ1) is 23.2. The van der Waals surface area contributed by atoms with Crippen LogP contribution in [0.5, 0.6) is 11.5 Å². The van der Waals surface area contributed by atoms with E-state index in [0.717, 1.165) is 5.56 Å². The Balaban J connectivity index is 1.45. The lowest BCUT2D eigenvalue weighted by molar-refractivity contribution is -0.120. The van der Waals surface area contributed by atoms with Gasteiger partial charge < -0.3 is 14.8 Å². The Bertz CT molecular complexity index is 1160. The highest BCUT2D eigenvalue weighted by molar-refractivity contribution is 5.97. The minimum atomic E-state index is -0.487. The van der Waals surface area contributed by atoms with E-state index in [4.69, 9.17) is 9.47 Å². The van der Waals surface area contributed by atoms with Crippen LogP contribution in [0.25, 0.3) is 0 Å². The average molecular weight is 445 g/mol. The third kappa shape index (κ3) is 6.76. The number of hydrogen-bond donors (Lipinski definition) is 2.